The van der Waals surface area contributed by atoms with E-state index in [1.807, 2.05) is 12.1 Å². The zero-order valence-electron chi connectivity index (χ0n) is 34.1. The van der Waals surface area contributed by atoms with Gasteiger partial charge in [0.25, 0.3) is 0 Å². The molecule has 0 saturated carbocycles. The van der Waals surface area contributed by atoms with Gasteiger partial charge in [-0.3, -0.25) is 9.97 Å². The first-order valence-electron chi connectivity index (χ1n) is 21.1. The van der Waals surface area contributed by atoms with E-state index in [-0.39, 0.29) is 0 Å². The van der Waals surface area contributed by atoms with Crippen LogP contribution in [0.2, 0.25) is 0 Å². The first-order chi connectivity index (χ1) is 30.7. The van der Waals surface area contributed by atoms with E-state index < -0.39 is 0 Å². The minimum Gasteiger partial charge on any atom is -0.455 e. The lowest BCUT2D eigenvalue weighted by Gasteiger charge is -2.15. The van der Waals surface area contributed by atoms with E-state index in [1.54, 1.807) is 12.4 Å². The molecule has 12 aromatic rings. The summed E-state index contributed by atoms with van der Waals surface area (Å²) >= 11 is 0. The standard InChI is InChI=1S/C59H38N2O/c1-3-14-40(37-31-32-52-55(35-37)49-15-4-5-17-51(49)57-58(52)61-34-33-60-57)38-18-8-19-39(36(38)2)41-20-9-22-43-42(41)21-10-23-44(43)45-24-11-26-47-46(45)25-12-27-48(47)53-28-13-29-54-50-16-6-7-30-56(50)62-59(53)54/h3-35H,2H2,1H3/b14-3-,40-38+. The van der Waals surface area contributed by atoms with Crippen molar-refractivity contribution in [3.63, 3.8) is 0 Å². The van der Waals surface area contributed by atoms with E-state index in [0.717, 1.165) is 93.0 Å². The molecule has 0 aliphatic carbocycles. The van der Waals surface area contributed by atoms with Gasteiger partial charge in [-0.1, -0.05) is 183 Å². The molecule has 2 aromatic heterocycles. The predicted octanol–water partition coefficient (Wildman–Crippen LogP) is 14.3. The Morgan fingerprint density at radius 2 is 0.919 bits per heavy atom. The number of benzene rings is 10. The second-order valence-electron chi connectivity index (χ2n) is 16.0. The Balaban J connectivity index is 1.02. The molecule has 0 radical (unpaired) electrons. The monoisotopic (exact) mass is 790 g/mol. The average molecular weight is 791 g/mol. The zero-order valence-corrected chi connectivity index (χ0v) is 34.1. The van der Waals surface area contributed by atoms with Crippen LogP contribution in [0, 0.1) is 0 Å². The van der Waals surface area contributed by atoms with Crippen molar-refractivity contribution >= 4 is 88.2 Å². The number of aromatic nitrogens is 2. The van der Waals surface area contributed by atoms with Crippen molar-refractivity contribution in [3.8, 4) is 33.4 Å². The predicted molar refractivity (Wildman–Crippen MR) is 262 cm³/mol. The van der Waals surface area contributed by atoms with Gasteiger partial charge in [0, 0.05) is 39.5 Å². The van der Waals surface area contributed by atoms with Crippen molar-refractivity contribution in [1.82, 2.24) is 9.97 Å². The minimum atomic E-state index is 0.904. The number of para-hydroxylation sites is 2. The third-order valence-electron chi connectivity index (χ3n) is 12.7. The van der Waals surface area contributed by atoms with Crippen LogP contribution in [-0.2, 0) is 0 Å². The number of rotatable bonds is 5. The van der Waals surface area contributed by atoms with Crippen LogP contribution >= 0.6 is 0 Å². The molecule has 0 spiro atoms. The maximum absolute atomic E-state index is 6.52. The highest BCUT2D eigenvalue weighted by Gasteiger charge is 2.18. The molecule has 0 N–H and O–H groups in total. The molecule has 62 heavy (non-hydrogen) atoms. The molecule has 0 saturated heterocycles. The summed E-state index contributed by atoms with van der Waals surface area (Å²) in [5.74, 6) is 0. The first kappa shape index (κ1) is 35.8. The number of nitrogens with zero attached hydrogens (tertiary/aromatic N) is 2. The van der Waals surface area contributed by atoms with Gasteiger partial charge in [-0.25, -0.2) is 0 Å². The van der Waals surface area contributed by atoms with Gasteiger partial charge in [0.05, 0.1) is 11.0 Å². The molecule has 0 unspecified atom stereocenters. The van der Waals surface area contributed by atoms with Gasteiger partial charge < -0.3 is 4.42 Å². The van der Waals surface area contributed by atoms with Crippen molar-refractivity contribution < 1.29 is 4.42 Å². The van der Waals surface area contributed by atoms with Crippen LogP contribution in [0.1, 0.15) is 12.5 Å². The molecule has 0 bridgehead atoms. The summed E-state index contributed by atoms with van der Waals surface area (Å²) in [4.78, 5) is 9.53. The van der Waals surface area contributed by atoms with E-state index in [4.69, 9.17) is 21.0 Å². The summed E-state index contributed by atoms with van der Waals surface area (Å²) in [5, 5.41) is 13.6. The second-order valence-corrected chi connectivity index (χ2v) is 16.0. The van der Waals surface area contributed by atoms with Crippen LogP contribution in [0.5, 0.6) is 0 Å². The van der Waals surface area contributed by atoms with Crippen molar-refractivity contribution in [1.29, 1.82) is 0 Å². The number of allylic oxidation sites excluding steroid dienone is 2. The Hall–Kier alpha value is -8.14. The van der Waals surface area contributed by atoms with Crippen molar-refractivity contribution in [2.45, 2.75) is 6.92 Å². The second kappa shape index (κ2) is 14.3. The van der Waals surface area contributed by atoms with E-state index in [0.29, 0.717) is 0 Å². The van der Waals surface area contributed by atoms with Crippen LogP contribution in [0.3, 0.4) is 0 Å². The molecular formula is C59H38N2O. The number of hydrogen-bond acceptors (Lipinski definition) is 3. The highest BCUT2D eigenvalue weighted by molar-refractivity contribution is 6.23. The Morgan fingerprint density at radius 1 is 0.435 bits per heavy atom. The molecule has 0 amide bonds. The molecule has 10 aromatic carbocycles. The SMILES string of the molecule is C=c1c(-c2cccc3c(-c4cccc5c(-c6cccc7c6oc6ccccc67)cccc45)cccc23)ccc/c1=C(/C=C\C)c1ccc2c(c1)c1ccccc1c1nccnc21. The summed E-state index contributed by atoms with van der Waals surface area (Å²) in [6, 6.07) is 63.2. The van der Waals surface area contributed by atoms with Crippen LogP contribution in [0.4, 0.5) is 0 Å². The Morgan fingerprint density at radius 3 is 1.56 bits per heavy atom. The molecule has 0 atom stereocenters. The minimum absolute atomic E-state index is 0.904. The molecule has 290 valence electrons. The zero-order chi connectivity index (χ0) is 41.3. The molecule has 3 nitrogen and oxygen atoms in total. The number of fused-ring (bicyclic) bond motifs is 11. The molecule has 0 aliphatic rings. The van der Waals surface area contributed by atoms with Crippen molar-refractivity contribution in [3.05, 3.63) is 216 Å². The lowest BCUT2D eigenvalue weighted by molar-refractivity contribution is 0.670. The quantitative estimate of drug-likeness (QED) is 0.163. The van der Waals surface area contributed by atoms with Gasteiger partial charge in [0.15, 0.2) is 0 Å². The van der Waals surface area contributed by atoms with Crippen molar-refractivity contribution in [2.75, 3.05) is 0 Å². The average Bonchev–Trinajstić information content (AvgIpc) is 3.72. The van der Waals surface area contributed by atoms with Gasteiger partial charge in [-0.2, -0.15) is 0 Å². The van der Waals surface area contributed by atoms with Crippen LogP contribution in [0.25, 0.3) is 122 Å². The lowest BCUT2D eigenvalue weighted by Crippen LogP contribution is -2.27. The molecular weight excluding hydrogens is 753 g/mol. The van der Waals surface area contributed by atoms with Crippen LogP contribution in [0.15, 0.2) is 205 Å². The fraction of sp³-hybridized carbons (Fsp3) is 0.0169. The number of furan rings is 1. The molecule has 0 fully saturated rings. The summed E-state index contributed by atoms with van der Waals surface area (Å²) < 4.78 is 6.52. The smallest absolute Gasteiger partial charge is 0.143 e. The van der Waals surface area contributed by atoms with Crippen molar-refractivity contribution in [2.24, 2.45) is 0 Å². The topological polar surface area (TPSA) is 38.9 Å². The van der Waals surface area contributed by atoms with Gasteiger partial charge in [0.2, 0.25) is 0 Å². The fourth-order valence-electron chi connectivity index (χ4n) is 9.92. The molecule has 12 rings (SSSR count). The van der Waals surface area contributed by atoms with Gasteiger partial charge in [-0.15, -0.1) is 0 Å². The third-order valence-corrected chi connectivity index (χ3v) is 12.7. The number of hydrogen-bond donors (Lipinski definition) is 0. The highest BCUT2D eigenvalue weighted by Crippen LogP contribution is 2.42. The normalized spacial score (nSPS) is 12.5. The maximum atomic E-state index is 6.52. The van der Waals surface area contributed by atoms with Crippen LogP contribution in [-0.4, -0.2) is 9.97 Å². The Labute approximate surface area is 357 Å². The third kappa shape index (κ3) is 5.45. The molecule has 3 heteroatoms. The van der Waals surface area contributed by atoms with E-state index in [2.05, 4.69) is 183 Å². The van der Waals surface area contributed by atoms with E-state index >= 15 is 0 Å². The highest BCUT2D eigenvalue weighted by atomic mass is 16.3. The van der Waals surface area contributed by atoms with Gasteiger partial charge in [0.1, 0.15) is 11.2 Å². The first-order valence-corrected chi connectivity index (χ1v) is 21.1. The van der Waals surface area contributed by atoms with Gasteiger partial charge >= 0.3 is 0 Å². The summed E-state index contributed by atoms with van der Waals surface area (Å²) in [5.41, 5.74) is 12.8. The van der Waals surface area contributed by atoms with E-state index in [9.17, 15) is 0 Å². The largest absolute Gasteiger partial charge is 0.455 e. The molecule has 2 heterocycles. The summed E-state index contributed by atoms with van der Waals surface area (Å²) in [7, 11) is 0. The lowest BCUT2D eigenvalue weighted by atomic mass is 9.88. The maximum Gasteiger partial charge on any atom is 0.143 e. The summed E-state index contributed by atoms with van der Waals surface area (Å²) in [6.45, 7) is 6.88. The fourth-order valence-corrected chi connectivity index (χ4v) is 9.92. The molecule has 0 aliphatic heterocycles. The van der Waals surface area contributed by atoms with E-state index in [1.165, 1.54) is 38.1 Å². The summed E-state index contributed by atoms with van der Waals surface area (Å²) in [6.07, 6.45) is 7.88. The van der Waals surface area contributed by atoms with Crippen LogP contribution < -0.4 is 10.4 Å². The Bertz CT molecular complexity index is 3930. The van der Waals surface area contributed by atoms with Gasteiger partial charge in [-0.05, 0) is 101 Å². The Kier molecular flexibility index (Phi) is 8.23.